The molecule has 2 amide bonds. The lowest BCUT2D eigenvalue weighted by molar-refractivity contribution is -0.141. The average Bonchev–Trinajstić information content (AvgIpc) is 2.25. The van der Waals surface area contributed by atoms with Gasteiger partial charge in [-0.15, -0.1) is 0 Å². The molecule has 0 heterocycles. The van der Waals surface area contributed by atoms with Crippen LogP contribution in [0.15, 0.2) is 0 Å². The topological polar surface area (TPSA) is 69.6 Å². The molecular weight excluding hydrogens is 208 g/mol. The first-order chi connectivity index (χ1) is 7.31. The molecule has 0 saturated heterocycles. The Morgan fingerprint density at radius 2 is 1.81 bits per heavy atom. The second-order valence-electron chi connectivity index (χ2n) is 4.23. The number of hydrogen-bond acceptors (Lipinski definition) is 2. The molecule has 5 nitrogen and oxygen atoms in total. The standard InChI is InChI=1S/C11H22N2O3/c1-6-7(2)13(5)11(16)12-9(4)8(3)10(14)15/h7-9H,6H2,1-5H3,(H,12,16)(H,14,15). The van der Waals surface area contributed by atoms with Gasteiger partial charge in [0.15, 0.2) is 0 Å². The molecule has 0 bridgehead atoms. The van der Waals surface area contributed by atoms with E-state index >= 15 is 0 Å². The van der Waals surface area contributed by atoms with Gasteiger partial charge < -0.3 is 15.3 Å². The maximum atomic E-state index is 11.7. The Balaban J connectivity index is 4.29. The summed E-state index contributed by atoms with van der Waals surface area (Å²) in [5.41, 5.74) is 0. The van der Waals surface area contributed by atoms with Crippen LogP contribution in [0.1, 0.15) is 34.1 Å². The lowest BCUT2D eigenvalue weighted by Gasteiger charge is -2.27. The summed E-state index contributed by atoms with van der Waals surface area (Å²) in [7, 11) is 1.71. The van der Waals surface area contributed by atoms with Crippen LogP contribution in [0.5, 0.6) is 0 Å². The molecule has 0 aliphatic rings. The van der Waals surface area contributed by atoms with Crippen LogP contribution in [0.3, 0.4) is 0 Å². The monoisotopic (exact) mass is 230 g/mol. The third-order valence-corrected chi connectivity index (χ3v) is 3.06. The number of nitrogens with one attached hydrogen (secondary N) is 1. The predicted molar refractivity (Wildman–Crippen MR) is 62.3 cm³/mol. The minimum atomic E-state index is -0.904. The number of nitrogens with zero attached hydrogens (tertiary/aromatic N) is 1. The first kappa shape index (κ1) is 14.7. The number of carbonyl (C=O) groups excluding carboxylic acids is 1. The lowest BCUT2D eigenvalue weighted by Crippen LogP contribution is -2.48. The fourth-order valence-corrected chi connectivity index (χ4v) is 1.11. The van der Waals surface area contributed by atoms with Gasteiger partial charge in [-0.25, -0.2) is 4.79 Å². The molecule has 94 valence electrons. The molecule has 0 aliphatic carbocycles. The molecule has 2 N–H and O–H groups in total. The van der Waals surface area contributed by atoms with E-state index in [0.29, 0.717) is 0 Å². The Labute approximate surface area is 96.8 Å². The van der Waals surface area contributed by atoms with Crippen LogP contribution < -0.4 is 5.32 Å². The Bertz CT molecular complexity index is 256. The van der Waals surface area contributed by atoms with Crippen molar-refractivity contribution >= 4 is 12.0 Å². The summed E-state index contributed by atoms with van der Waals surface area (Å²) in [6.07, 6.45) is 0.868. The highest BCUT2D eigenvalue weighted by Gasteiger charge is 2.23. The molecule has 16 heavy (non-hydrogen) atoms. The summed E-state index contributed by atoms with van der Waals surface area (Å²) < 4.78 is 0. The molecule has 0 spiro atoms. The zero-order valence-electron chi connectivity index (χ0n) is 10.7. The van der Waals surface area contributed by atoms with Crippen LogP contribution in [0, 0.1) is 5.92 Å². The van der Waals surface area contributed by atoms with Gasteiger partial charge in [-0.1, -0.05) is 6.92 Å². The number of rotatable bonds is 5. The molecule has 0 aromatic heterocycles. The van der Waals surface area contributed by atoms with Crippen LogP contribution in [0.25, 0.3) is 0 Å². The van der Waals surface area contributed by atoms with Gasteiger partial charge in [0, 0.05) is 19.1 Å². The van der Waals surface area contributed by atoms with E-state index in [2.05, 4.69) is 5.32 Å². The number of aliphatic carboxylic acids is 1. The summed E-state index contributed by atoms with van der Waals surface area (Å²) in [6, 6.07) is -0.459. The van der Waals surface area contributed by atoms with Crippen molar-refractivity contribution in [3.05, 3.63) is 0 Å². The molecule has 5 heteroatoms. The number of hydrogen-bond donors (Lipinski definition) is 2. The summed E-state index contributed by atoms with van der Waals surface area (Å²) in [5, 5.41) is 11.5. The quantitative estimate of drug-likeness (QED) is 0.752. The second-order valence-corrected chi connectivity index (χ2v) is 4.23. The predicted octanol–water partition coefficient (Wildman–Crippen LogP) is 1.54. The minimum Gasteiger partial charge on any atom is -0.481 e. The van der Waals surface area contributed by atoms with Gasteiger partial charge in [0.25, 0.3) is 0 Å². The van der Waals surface area contributed by atoms with Gasteiger partial charge >= 0.3 is 12.0 Å². The van der Waals surface area contributed by atoms with Crippen LogP contribution in [-0.4, -0.2) is 41.1 Å². The molecule has 3 atom stereocenters. The summed E-state index contributed by atoms with van der Waals surface area (Å²) in [5.74, 6) is -1.49. The zero-order valence-corrected chi connectivity index (χ0v) is 10.7. The van der Waals surface area contributed by atoms with Gasteiger partial charge in [-0.3, -0.25) is 4.79 Å². The van der Waals surface area contributed by atoms with Crippen molar-refractivity contribution in [1.29, 1.82) is 0 Å². The van der Waals surface area contributed by atoms with Crippen molar-refractivity contribution in [3.63, 3.8) is 0 Å². The summed E-state index contributed by atoms with van der Waals surface area (Å²) in [4.78, 5) is 24.0. The smallest absolute Gasteiger partial charge is 0.317 e. The SMILES string of the molecule is CCC(C)N(C)C(=O)NC(C)C(C)C(=O)O. The number of carboxylic acid groups (broad SMARTS) is 1. The highest BCUT2D eigenvalue weighted by molar-refractivity contribution is 5.76. The van der Waals surface area contributed by atoms with Gasteiger partial charge in [0.05, 0.1) is 5.92 Å². The van der Waals surface area contributed by atoms with Gasteiger partial charge in [-0.05, 0) is 27.2 Å². The van der Waals surface area contributed by atoms with E-state index in [-0.39, 0.29) is 18.1 Å². The summed E-state index contributed by atoms with van der Waals surface area (Å²) in [6.45, 7) is 7.22. The number of carboxylic acids is 1. The molecule has 0 fully saturated rings. The van der Waals surface area contributed by atoms with Crippen LogP contribution in [0.2, 0.25) is 0 Å². The second kappa shape index (κ2) is 6.35. The summed E-state index contributed by atoms with van der Waals surface area (Å²) >= 11 is 0. The maximum absolute atomic E-state index is 11.7. The number of amides is 2. The Kier molecular flexibility index (Phi) is 5.85. The molecule has 0 saturated carbocycles. The van der Waals surface area contributed by atoms with E-state index in [1.54, 1.807) is 25.8 Å². The van der Waals surface area contributed by atoms with E-state index in [9.17, 15) is 9.59 Å². The Hall–Kier alpha value is -1.26. The van der Waals surface area contributed by atoms with Crippen molar-refractivity contribution in [2.75, 3.05) is 7.05 Å². The van der Waals surface area contributed by atoms with Crippen molar-refractivity contribution < 1.29 is 14.7 Å². The molecular formula is C11H22N2O3. The third kappa shape index (κ3) is 4.08. The van der Waals surface area contributed by atoms with Crippen molar-refractivity contribution in [2.24, 2.45) is 5.92 Å². The maximum Gasteiger partial charge on any atom is 0.317 e. The van der Waals surface area contributed by atoms with Crippen molar-refractivity contribution in [3.8, 4) is 0 Å². The Morgan fingerprint density at radius 3 is 2.19 bits per heavy atom. The number of carbonyl (C=O) groups is 2. The highest BCUT2D eigenvalue weighted by Crippen LogP contribution is 2.05. The molecule has 0 aromatic carbocycles. The van der Waals surface area contributed by atoms with E-state index in [4.69, 9.17) is 5.11 Å². The van der Waals surface area contributed by atoms with E-state index < -0.39 is 11.9 Å². The molecule has 0 aliphatic heterocycles. The third-order valence-electron chi connectivity index (χ3n) is 3.06. The van der Waals surface area contributed by atoms with E-state index in [1.165, 1.54) is 0 Å². The van der Waals surface area contributed by atoms with Crippen LogP contribution >= 0.6 is 0 Å². The Morgan fingerprint density at radius 1 is 1.31 bits per heavy atom. The molecule has 0 rings (SSSR count). The normalized spacial score (nSPS) is 16.1. The molecule has 0 aromatic rings. The molecule has 0 radical (unpaired) electrons. The van der Waals surface area contributed by atoms with E-state index in [1.807, 2.05) is 13.8 Å². The van der Waals surface area contributed by atoms with Gasteiger partial charge in [-0.2, -0.15) is 0 Å². The molecule has 3 unspecified atom stereocenters. The fourth-order valence-electron chi connectivity index (χ4n) is 1.11. The first-order valence-corrected chi connectivity index (χ1v) is 5.57. The number of urea groups is 1. The van der Waals surface area contributed by atoms with Crippen LogP contribution in [0.4, 0.5) is 4.79 Å². The van der Waals surface area contributed by atoms with Crippen molar-refractivity contribution in [1.82, 2.24) is 10.2 Å². The zero-order chi connectivity index (χ0) is 12.9. The van der Waals surface area contributed by atoms with E-state index in [0.717, 1.165) is 6.42 Å². The fraction of sp³-hybridized carbons (Fsp3) is 0.818. The lowest BCUT2D eigenvalue weighted by atomic mass is 10.0. The highest BCUT2D eigenvalue weighted by atomic mass is 16.4. The van der Waals surface area contributed by atoms with Gasteiger partial charge in [0.1, 0.15) is 0 Å². The van der Waals surface area contributed by atoms with Gasteiger partial charge in [0.2, 0.25) is 0 Å². The first-order valence-electron chi connectivity index (χ1n) is 5.57. The minimum absolute atomic E-state index is 0.146. The largest absolute Gasteiger partial charge is 0.481 e. The van der Waals surface area contributed by atoms with Crippen LogP contribution in [-0.2, 0) is 4.79 Å². The van der Waals surface area contributed by atoms with Crippen molar-refractivity contribution in [2.45, 2.75) is 46.2 Å². The average molecular weight is 230 g/mol.